The fourth-order valence-corrected chi connectivity index (χ4v) is 7.28. The molecule has 1 amide bonds. The third-order valence-electron chi connectivity index (χ3n) is 7.49. The Morgan fingerprint density at radius 1 is 1.02 bits per heavy atom. The molecule has 1 aliphatic heterocycles. The highest BCUT2D eigenvalue weighted by molar-refractivity contribution is 7.91. The number of para-hydroxylation sites is 2. The van der Waals surface area contributed by atoms with Gasteiger partial charge in [0.05, 0.1) is 22.0 Å². The lowest BCUT2D eigenvalue weighted by atomic mass is 10.0. The van der Waals surface area contributed by atoms with Gasteiger partial charge >= 0.3 is 5.97 Å². The van der Waals surface area contributed by atoms with Crippen LogP contribution in [0.25, 0.3) is 10.9 Å². The highest BCUT2D eigenvalue weighted by Gasteiger charge is 2.33. The number of ether oxygens (including phenoxy) is 1. The predicted molar refractivity (Wildman–Crippen MR) is 200 cm³/mol. The molecule has 0 radical (unpaired) electrons. The third kappa shape index (κ3) is 10.7. The lowest BCUT2D eigenvalue weighted by Crippen LogP contribution is -2.36. The lowest BCUT2D eigenvalue weighted by Gasteiger charge is -2.28. The van der Waals surface area contributed by atoms with Crippen LogP contribution in [0.4, 0.5) is 17.1 Å². The summed E-state index contributed by atoms with van der Waals surface area (Å²) in [5.41, 5.74) is 8.95. The van der Waals surface area contributed by atoms with E-state index in [9.17, 15) is 23.1 Å². The van der Waals surface area contributed by atoms with Crippen molar-refractivity contribution in [2.24, 2.45) is 5.92 Å². The maximum Gasteiger partial charge on any atom is 0.330 e. The summed E-state index contributed by atoms with van der Waals surface area (Å²) in [6.07, 6.45) is 5.45. The van der Waals surface area contributed by atoms with Crippen molar-refractivity contribution in [3.05, 3.63) is 78.5 Å². The standard InChI is InChI=1S/C31H34N4O6S.C3H8.2C2H6/c1-2-3-9-20-17-35(21-10-5-4-6-11-21)26-14-24(32)27(15-28(26)42(39,40)19-20)41-18-29(36)34-30(31(37)38)23-16-33-25-13-8-7-12-22(23)25;1-3-2;2*1-2/h4-8,10-16,20,30,33H,2-3,9,17-19,32H2,1H3,(H,34,36)(H,37,38);3H2,1-2H3;2*1-2H3. The van der Waals surface area contributed by atoms with Crippen molar-refractivity contribution in [2.45, 2.75) is 85.1 Å². The Hall–Kier alpha value is -4.51. The number of nitrogens with one attached hydrogen (secondary N) is 2. The van der Waals surface area contributed by atoms with Gasteiger partial charge in [-0.25, -0.2) is 13.2 Å². The van der Waals surface area contributed by atoms with E-state index >= 15 is 0 Å². The zero-order chi connectivity index (χ0) is 36.6. The summed E-state index contributed by atoms with van der Waals surface area (Å²) in [6.45, 7) is 14.3. The molecular weight excluding hydrogens is 641 g/mol. The second kappa shape index (κ2) is 20.1. The van der Waals surface area contributed by atoms with E-state index in [1.807, 2.05) is 75.1 Å². The van der Waals surface area contributed by atoms with Crippen LogP contribution in [-0.2, 0) is 19.4 Å². The molecule has 2 atom stereocenters. The molecule has 0 fully saturated rings. The Kier molecular flexibility index (Phi) is 16.7. The van der Waals surface area contributed by atoms with Gasteiger partial charge in [-0.15, -0.1) is 0 Å². The minimum absolute atomic E-state index is 0.0158. The molecule has 2 unspecified atom stereocenters. The molecule has 268 valence electrons. The average Bonchev–Trinajstić information content (AvgIpc) is 3.49. The largest absolute Gasteiger partial charge is 0.482 e. The maximum atomic E-state index is 13.6. The van der Waals surface area contributed by atoms with Crippen LogP contribution in [0.5, 0.6) is 5.75 Å². The molecule has 0 bridgehead atoms. The molecule has 1 aliphatic rings. The molecular formula is C38H54N4O6S. The number of aromatic nitrogens is 1. The Balaban J connectivity index is 0.00000111. The van der Waals surface area contributed by atoms with Crippen LogP contribution in [0.1, 0.15) is 85.8 Å². The summed E-state index contributed by atoms with van der Waals surface area (Å²) in [7, 11) is -3.72. The van der Waals surface area contributed by atoms with Crippen molar-refractivity contribution < 1.29 is 27.9 Å². The average molecular weight is 695 g/mol. The van der Waals surface area contributed by atoms with Crippen molar-refractivity contribution >= 4 is 49.7 Å². The Bertz CT molecular complexity index is 1720. The molecule has 49 heavy (non-hydrogen) atoms. The lowest BCUT2D eigenvalue weighted by molar-refractivity contribution is -0.142. The summed E-state index contributed by atoms with van der Waals surface area (Å²) in [5, 5.41) is 13.0. The molecule has 10 nitrogen and oxygen atoms in total. The predicted octanol–water partition coefficient (Wildman–Crippen LogP) is 8.27. The minimum Gasteiger partial charge on any atom is -0.482 e. The van der Waals surface area contributed by atoms with Crippen LogP contribution in [-0.4, -0.2) is 49.3 Å². The van der Waals surface area contributed by atoms with E-state index in [0.717, 1.165) is 30.5 Å². The van der Waals surface area contributed by atoms with Crippen molar-refractivity contribution in [1.82, 2.24) is 10.3 Å². The number of amides is 1. The second-order valence-corrected chi connectivity index (χ2v) is 13.2. The van der Waals surface area contributed by atoms with E-state index in [-0.39, 0.29) is 28.0 Å². The number of carbonyl (C=O) groups is 2. The van der Waals surface area contributed by atoms with Crippen molar-refractivity contribution in [3.8, 4) is 5.75 Å². The highest BCUT2D eigenvalue weighted by atomic mass is 32.2. The first kappa shape index (κ1) is 40.7. The number of carbonyl (C=O) groups excluding carboxylic acids is 1. The van der Waals surface area contributed by atoms with Gasteiger partial charge in [-0.1, -0.05) is 104 Å². The first-order valence-corrected chi connectivity index (χ1v) is 18.9. The quantitative estimate of drug-likeness (QED) is 0.121. The van der Waals surface area contributed by atoms with Crippen LogP contribution in [0.2, 0.25) is 0 Å². The molecule has 0 spiro atoms. The molecule has 0 saturated carbocycles. The number of aromatic amines is 1. The van der Waals surface area contributed by atoms with Crippen molar-refractivity contribution in [1.29, 1.82) is 0 Å². The number of rotatable bonds is 10. The number of anilines is 3. The molecule has 5 rings (SSSR count). The maximum absolute atomic E-state index is 13.6. The van der Waals surface area contributed by atoms with Gasteiger partial charge in [0.25, 0.3) is 5.91 Å². The molecule has 2 heterocycles. The van der Waals surface area contributed by atoms with Gasteiger partial charge in [0.15, 0.2) is 22.5 Å². The number of carboxylic acid groups (broad SMARTS) is 1. The number of unbranched alkanes of at least 4 members (excludes halogenated alkanes) is 1. The number of benzene rings is 3. The summed E-state index contributed by atoms with van der Waals surface area (Å²) in [5.74, 6) is -2.00. The summed E-state index contributed by atoms with van der Waals surface area (Å²) in [4.78, 5) is 30.0. The Labute approximate surface area is 292 Å². The van der Waals surface area contributed by atoms with Crippen LogP contribution >= 0.6 is 0 Å². The third-order valence-corrected chi connectivity index (χ3v) is 9.40. The number of hydrogen-bond acceptors (Lipinski definition) is 7. The van der Waals surface area contributed by atoms with Crippen molar-refractivity contribution in [2.75, 3.05) is 29.5 Å². The molecule has 11 heteroatoms. The topological polar surface area (TPSA) is 155 Å². The number of aliphatic carboxylic acids is 1. The SMILES string of the molecule is CC.CC.CCC.CCCCC1CN(c2ccccc2)c2cc(N)c(OCC(=O)NC(C(=O)O)c3c[nH]c4ccccc34)cc2S(=O)(=O)C1. The summed E-state index contributed by atoms with van der Waals surface area (Å²) in [6, 6.07) is 18.4. The van der Waals surface area contributed by atoms with E-state index < -0.39 is 34.4 Å². The van der Waals surface area contributed by atoms with Crippen molar-refractivity contribution in [3.63, 3.8) is 0 Å². The monoisotopic (exact) mass is 694 g/mol. The zero-order valence-corrected chi connectivity index (χ0v) is 30.8. The van der Waals surface area contributed by atoms with E-state index in [4.69, 9.17) is 10.5 Å². The summed E-state index contributed by atoms with van der Waals surface area (Å²) < 4.78 is 33.0. The smallest absolute Gasteiger partial charge is 0.330 e. The number of H-pyrrole nitrogens is 1. The molecule has 3 aromatic carbocycles. The van der Waals surface area contributed by atoms with E-state index in [2.05, 4.69) is 31.1 Å². The highest BCUT2D eigenvalue weighted by Crippen LogP contribution is 2.42. The van der Waals surface area contributed by atoms with Gasteiger partial charge in [0.1, 0.15) is 5.75 Å². The number of sulfone groups is 1. The molecule has 0 saturated heterocycles. The zero-order valence-electron chi connectivity index (χ0n) is 30.0. The fourth-order valence-electron chi connectivity index (χ4n) is 5.43. The van der Waals surface area contributed by atoms with Gasteiger partial charge in [-0.3, -0.25) is 4.79 Å². The Morgan fingerprint density at radius 3 is 2.29 bits per heavy atom. The molecule has 4 aromatic rings. The first-order chi connectivity index (χ1) is 23.6. The summed E-state index contributed by atoms with van der Waals surface area (Å²) >= 11 is 0. The van der Waals surface area contributed by atoms with Crippen LogP contribution < -0.4 is 20.7 Å². The van der Waals surface area contributed by atoms with E-state index in [0.29, 0.717) is 23.2 Å². The van der Waals surface area contributed by atoms with Crippen LogP contribution in [0.3, 0.4) is 0 Å². The van der Waals surface area contributed by atoms with Crippen LogP contribution in [0, 0.1) is 5.92 Å². The number of hydrogen-bond donors (Lipinski definition) is 4. The molecule has 1 aromatic heterocycles. The number of nitrogen functional groups attached to an aromatic ring is 1. The number of nitrogens with two attached hydrogens (primary N) is 1. The number of fused-ring (bicyclic) bond motifs is 2. The molecule has 0 aliphatic carbocycles. The second-order valence-electron chi connectivity index (χ2n) is 11.2. The van der Waals surface area contributed by atoms with E-state index in [1.54, 1.807) is 24.4 Å². The number of carboxylic acids is 1. The van der Waals surface area contributed by atoms with Gasteiger partial charge in [-0.05, 0) is 36.6 Å². The Morgan fingerprint density at radius 2 is 1.65 bits per heavy atom. The van der Waals surface area contributed by atoms with Crippen LogP contribution in [0.15, 0.2) is 77.8 Å². The van der Waals surface area contributed by atoms with Gasteiger partial charge < -0.3 is 30.8 Å². The number of nitrogens with zero attached hydrogens (tertiary/aromatic N) is 1. The fraction of sp³-hybridized carbons (Fsp3) is 0.421. The normalized spacial score (nSPS) is 15.0. The van der Waals surface area contributed by atoms with Gasteiger partial charge in [-0.2, -0.15) is 0 Å². The van der Waals surface area contributed by atoms with E-state index in [1.165, 1.54) is 12.5 Å². The minimum atomic E-state index is -3.72. The van der Waals surface area contributed by atoms with Gasteiger partial charge in [0, 0.05) is 41.0 Å². The molecule has 5 N–H and O–H groups in total. The van der Waals surface area contributed by atoms with Gasteiger partial charge in [0.2, 0.25) is 0 Å². The first-order valence-electron chi connectivity index (χ1n) is 17.3.